The van der Waals surface area contributed by atoms with Gasteiger partial charge in [-0.05, 0) is 278 Å². The van der Waals surface area contributed by atoms with Gasteiger partial charge in [-0.1, -0.05) is 462 Å². The molecule has 0 fully saturated rings. The van der Waals surface area contributed by atoms with Crippen molar-refractivity contribution in [1.82, 2.24) is 0 Å². The standard InChI is InChI=1S/C52H50BNOSi.C43H48BNOSi.C42H46BNOSi/c1-34(2)38-32-41(35(3)4)51(42(33-38)36(5)6)53-43-23-14-16-27-48(43)55-52-44(53)24-18-26-47(52)54-45-25-15-17-28-49(45)56(39-19-10-8-11-20-39,40-21-12-9-13-22-40)50-31-37(7)29-30-46(50)54;1-26(2)31-24-32(27(3)4)42(33(25-31)28(5)6)44-34-14-11-12-17-39(34)46-43-35(44)15-13-16-38(43)45-36-20-18-29(7)22-40(36)47(9,10)41-23-30(8)19-21-37(41)45;1-26(2)30-24-31(27(3)4)41(32(25-30)28(5)6)43-33-15-10-12-19-38(33)45-42-34(43)16-14-18-37(42)44-35-17-11-13-20-39(35)46(8,9)40-23-29(7)21-22-36(40)44/h8-36H,1-7H3;11-28H,1-10H3;10-28H,1-9H3. The first kappa shape index (κ1) is 101. The van der Waals surface area contributed by atoms with Crippen LogP contribution in [0.1, 0.15) is 250 Å². The number of anilines is 9. The maximum absolute atomic E-state index is 7.22. The largest absolute Gasteiger partial charge is 0.456 e. The molecule has 0 atom stereocenters. The van der Waals surface area contributed by atoms with Crippen LogP contribution in [-0.2, 0) is 0 Å². The van der Waals surface area contributed by atoms with Gasteiger partial charge in [-0.2, -0.15) is 0 Å². The highest BCUT2D eigenvalue weighted by atomic mass is 28.3. The van der Waals surface area contributed by atoms with Gasteiger partial charge in [0.1, 0.15) is 50.6 Å². The molecule has 0 radical (unpaired) electrons. The minimum absolute atomic E-state index is 0.0190. The number of nitrogens with zero attached hydrogens (tertiary/aromatic N) is 3. The van der Waals surface area contributed by atoms with Gasteiger partial charge in [0.05, 0.1) is 17.1 Å². The van der Waals surface area contributed by atoms with Crippen molar-refractivity contribution in [1.29, 1.82) is 0 Å². The number of aryl methyl sites for hydroxylation is 4. The van der Waals surface area contributed by atoms with Crippen molar-refractivity contribution in [2.45, 2.75) is 232 Å². The summed E-state index contributed by atoms with van der Waals surface area (Å²) < 4.78 is 21.3. The third-order valence-electron chi connectivity index (χ3n) is 33.2. The van der Waals surface area contributed by atoms with E-state index in [0.29, 0.717) is 53.3 Å². The highest BCUT2D eigenvalue weighted by Crippen LogP contribution is 2.51. The van der Waals surface area contributed by atoms with Gasteiger partial charge in [-0.25, -0.2) is 0 Å². The molecule has 0 N–H and O–H groups in total. The van der Waals surface area contributed by atoms with Crippen molar-refractivity contribution in [2.75, 3.05) is 14.7 Å². The van der Waals surface area contributed by atoms with Crippen LogP contribution in [0, 0.1) is 27.7 Å². The van der Waals surface area contributed by atoms with Gasteiger partial charge in [0.25, 0.3) is 20.1 Å². The van der Waals surface area contributed by atoms with Gasteiger partial charge >= 0.3 is 0 Å². The molecule has 6 nitrogen and oxygen atoms in total. The first-order valence-electron chi connectivity index (χ1n) is 54.9. The van der Waals surface area contributed by atoms with Crippen LogP contribution in [0.15, 0.2) is 346 Å². The Bertz CT molecular complexity index is 7870. The van der Waals surface area contributed by atoms with E-state index in [1.54, 1.807) is 0 Å². The van der Waals surface area contributed by atoms with Crippen LogP contribution in [0.4, 0.5) is 51.2 Å². The second-order valence-corrected chi connectivity index (χ2v) is 59.3. The lowest BCUT2D eigenvalue weighted by atomic mass is 9.33. The molecule has 12 heteroatoms. The van der Waals surface area contributed by atoms with Crippen LogP contribution in [0.3, 0.4) is 0 Å². The smallest absolute Gasteiger partial charge is 0.251 e. The topological polar surface area (TPSA) is 37.4 Å². The Morgan fingerprint density at radius 2 is 0.430 bits per heavy atom. The molecule has 6 aliphatic heterocycles. The van der Waals surface area contributed by atoms with E-state index in [4.69, 9.17) is 14.2 Å². The number of para-hydroxylation sites is 8. The Morgan fingerprint density at radius 1 is 0.201 bits per heavy atom. The molecule has 0 aromatic heterocycles. The molecule has 23 rings (SSSR count). The van der Waals surface area contributed by atoms with E-state index < -0.39 is 24.2 Å². The first-order chi connectivity index (χ1) is 71.6. The SMILES string of the molecule is Cc1ccc2c(c1)[Si](C)(C)c1cc(C)ccc1N2c1cccc2c1Oc1ccccc1B2c1c(C(C)C)cc(C(C)C)cc1C(C)C.Cc1ccc2c(c1)[Si](C)(C)c1ccccc1N2c1cccc2c1Oc1ccccc1B2c1c(C(C)C)cc(C(C)C)cc1C(C)C.Cc1ccc2c(c1)[Si](c1ccccc1)(c1ccccc1)c1ccccc1N2c1cccc2c1Oc1ccccc1B2c1c(C(C)C)cc(C(C)C)cc1C(C)C. The minimum atomic E-state index is -2.78. The van der Waals surface area contributed by atoms with E-state index in [-0.39, 0.29) is 20.1 Å². The van der Waals surface area contributed by atoms with E-state index in [2.05, 4.69) is 539 Å². The number of hydrogen-bond donors (Lipinski definition) is 0. The fraction of sp³-hybridized carbons (Fsp3) is 0.255. The van der Waals surface area contributed by atoms with Crippen molar-refractivity contribution in [3.8, 4) is 34.5 Å². The Balaban J connectivity index is 0.000000132. The zero-order valence-electron chi connectivity index (χ0n) is 92.4. The normalized spacial score (nSPS) is 14.4. The van der Waals surface area contributed by atoms with Gasteiger partial charge in [0, 0.05) is 34.1 Å². The van der Waals surface area contributed by atoms with Gasteiger partial charge < -0.3 is 28.9 Å². The third kappa shape index (κ3) is 17.4. The van der Waals surface area contributed by atoms with Gasteiger partial charge in [-0.3, -0.25) is 0 Å². The molecule has 0 amide bonds. The molecule has 746 valence electrons. The second-order valence-electron chi connectivity index (χ2n) is 46.9. The summed E-state index contributed by atoms with van der Waals surface area (Å²) in [4.78, 5) is 7.50. The van der Waals surface area contributed by atoms with Crippen molar-refractivity contribution in [3.63, 3.8) is 0 Å². The summed E-state index contributed by atoms with van der Waals surface area (Å²) in [6.07, 6.45) is 0. The molecule has 6 aliphatic rings. The van der Waals surface area contributed by atoms with Crippen LogP contribution < -0.4 is 120 Å². The summed E-state index contributed by atoms with van der Waals surface area (Å²) in [6.45, 7) is 61.2. The molecule has 17 aromatic carbocycles. The van der Waals surface area contributed by atoms with E-state index >= 15 is 0 Å². The van der Waals surface area contributed by atoms with E-state index in [1.165, 1.54) is 197 Å². The molecular formula is C137H144B3N3O3Si3. The Hall–Kier alpha value is -13.6. The zero-order valence-corrected chi connectivity index (χ0v) is 95.4. The summed E-state index contributed by atoms with van der Waals surface area (Å²) in [5.74, 6) is 9.39. The fourth-order valence-corrected chi connectivity index (χ4v) is 36.9. The average Bonchev–Trinajstić information content (AvgIpc) is 0.684. The lowest BCUT2D eigenvalue weighted by Crippen LogP contribution is -2.77. The van der Waals surface area contributed by atoms with Crippen molar-refractivity contribution in [2.24, 2.45) is 0 Å². The average molecular weight is 2000 g/mol. The molecule has 0 aliphatic carbocycles. The molecule has 0 spiro atoms. The molecule has 149 heavy (non-hydrogen) atoms. The highest BCUT2D eigenvalue weighted by Gasteiger charge is 2.52. The number of benzene rings is 17. The third-order valence-corrected chi connectivity index (χ3v) is 45.1. The van der Waals surface area contributed by atoms with Crippen LogP contribution in [-0.4, -0.2) is 44.4 Å². The van der Waals surface area contributed by atoms with E-state index in [1.807, 2.05) is 0 Å². The van der Waals surface area contributed by atoms with Crippen molar-refractivity contribution < 1.29 is 14.2 Å². The maximum atomic E-state index is 7.22. The summed E-state index contributed by atoms with van der Waals surface area (Å²) in [5.41, 5.74) is 40.7. The summed E-state index contributed by atoms with van der Waals surface area (Å²) in [5, 5.41) is 11.5. The van der Waals surface area contributed by atoms with Crippen LogP contribution >= 0.6 is 0 Å². The lowest BCUT2D eigenvalue weighted by Gasteiger charge is -2.45. The maximum Gasteiger partial charge on any atom is 0.251 e. The number of ether oxygens (including phenoxy) is 3. The minimum Gasteiger partial charge on any atom is -0.456 e. The van der Waals surface area contributed by atoms with Gasteiger partial charge in [0.2, 0.25) is 0 Å². The number of fused-ring (bicyclic) bond motifs is 12. The predicted octanol–water partition coefficient (Wildman–Crippen LogP) is 26.6. The molecule has 0 bridgehead atoms. The number of hydrogen-bond acceptors (Lipinski definition) is 6. The second kappa shape index (κ2) is 40.0. The van der Waals surface area contributed by atoms with E-state index in [9.17, 15) is 0 Å². The summed E-state index contributed by atoms with van der Waals surface area (Å²) >= 11 is 0. The molecule has 0 saturated heterocycles. The zero-order chi connectivity index (χ0) is 105. The first-order valence-corrected chi connectivity index (χ1v) is 62.9. The Morgan fingerprint density at radius 3 is 0.725 bits per heavy atom. The Kier molecular flexibility index (Phi) is 27.2. The number of rotatable bonds is 17. The van der Waals surface area contributed by atoms with Crippen molar-refractivity contribution >= 4 is 186 Å². The van der Waals surface area contributed by atoms with Crippen LogP contribution in [0.25, 0.3) is 0 Å². The summed E-state index contributed by atoms with van der Waals surface area (Å²) in [6, 6.07) is 131. The molecule has 6 heterocycles. The molecule has 17 aromatic rings. The summed E-state index contributed by atoms with van der Waals surface area (Å²) in [7, 11) is -6.68. The predicted molar refractivity (Wildman–Crippen MR) is 653 cm³/mol. The van der Waals surface area contributed by atoms with Crippen LogP contribution in [0.5, 0.6) is 34.5 Å². The van der Waals surface area contributed by atoms with Gasteiger partial charge in [0.15, 0.2) is 8.07 Å². The van der Waals surface area contributed by atoms with Crippen LogP contribution in [0.2, 0.25) is 26.2 Å². The molecule has 0 unspecified atom stereocenters. The van der Waals surface area contributed by atoms with Gasteiger partial charge in [-0.15, -0.1) is 0 Å². The fourth-order valence-electron chi connectivity index (χ4n) is 25.5. The van der Waals surface area contributed by atoms with E-state index in [0.717, 1.165) is 51.6 Å². The molecule has 0 saturated carbocycles. The Labute approximate surface area is 892 Å². The lowest BCUT2D eigenvalue weighted by molar-refractivity contribution is 0.488. The van der Waals surface area contributed by atoms with Crippen molar-refractivity contribution in [3.05, 3.63) is 418 Å². The highest BCUT2D eigenvalue weighted by molar-refractivity contribution is 7.21. The monoisotopic (exact) mass is 2000 g/mol. The molecular weight excluding hydrogens is 1850 g/mol. The quantitative estimate of drug-likeness (QED) is 0.0846.